The van der Waals surface area contributed by atoms with Crippen LogP contribution in [-0.4, -0.2) is 22.5 Å². The van der Waals surface area contributed by atoms with E-state index in [1.165, 1.54) is 6.07 Å². The Morgan fingerprint density at radius 3 is 2.37 bits per heavy atom. The SMILES string of the molecule is CCNC(CS(=O)c1ccc(F)c(F)c1)C(C)(C)C. The average Bonchev–Trinajstić information content (AvgIpc) is 2.30. The van der Waals surface area contributed by atoms with Gasteiger partial charge in [0, 0.05) is 16.7 Å². The Hall–Kier alpha value is -0.810. The van der Waals surface area contributed by atoms with Gasteiger partial charge >= 0.3 is 0 Å². The molecule has 1 aromatic carbocycles. The molecule has 0 radical (unpaired) electrons. The monoisotopic (exact) mass is 289 g/mol. The van der Waals surface area contributed by atoms with Crippen molar-refractivity contribution < 1.29 is 13.0 Å². The van der Waals surface area contributed by atoms with Crippen LogP contribution >= 0.6 is 0 Å². The second-order valence-electron chi connectivity index (χ2n) is 5.56. The first-order chi connectivity index (χ1) is 8.75. The normalized spacial score (nSPS) is 15.3. The number of halogens is 2. The molecule has 1 aromatic rings. The van der Waals surface area contributed by atoms with Gasteiger partial charge in [0.15, 0.2) is 11.6 Å². The van der Waals surface area contributed by atoms with Crippen LogP contribution in [0.5, 0.6) is 0 Å². The molecule has 1 rings (SSSR count). The predicted octanol–water partition coefficient (Wildman–Crippen LogP) is 3.10. The third-order valence-electron chi connectivity index (χ3n) is 2.97. The van der Waals surface area contributed by atoms with Gasteiger partial charge < -0.3 is 5.32 Å². The maximum absolute atomic E-state index is 13.1. The van der Waals surface area contributed by atoms with E-state index < -0.39 is 22.4 Å². The maximum atomic E-state index is 13.1. The lowest BCUT2D eigenvalue weighted by molar-refractivity contribution is 0.294. The number of hydrogen-bond donors (Lipinski definition) is 1. The van der Waals surface area contributed by atoms with E-state index in [0.29, 0.717) is 10.6 Å². The van der Waals surface area contributed by atoms with Gasteiger partial charge in [0.05, 0.1) is 10.8 Å². The molecule has 0 amide bonds. The summed E-state index contributed by atoms with van der Waals surface area (Å²) in [5.74, 6) is -1.50. The molecule has 0 aliphatic heterocycles. The summed E-state index contributed by atoms with van der Waals surface area (Å²) < 4.78 is 38.2. The predicted molar refractivity (Wildman–Crippen MR) is 74.6 cm³/mol. The van der Waals surface area contributed by atoms with Gasteiger partial charge in [0.2, 0.25) is 0 Å². The van der Waals surface area contributed by atoms with E-state index in [9.17, 15) is 13.0 Å². The standard InChI is InChI=1S/C14H21F2NOS/c1-5-17-13(14(2,3)4)9-19(18)10-6-7-11(15)12(16)8-10/h6-8,13,17H,5,9H2,1-4H3. The van der Waals surface area contributed by atoms with Crippen LogP contribution < -0.4 is 5.32 Å². The maximum Gasteiger partial charge on any atom is 0.160 e. The van der Waals surface area contributed by atoms with E-state index in [1.54, 1.807) is 0 Å². The fraction of sp³-hybridized carbons (Fsp3) is 0.571. The highest BCUT2D eigenvalue weighted by Crippen LogP contribution is 2.22. The molecule has 19 heavy (non-hydrogen) atoms. The summed E-state index contributed by atoms with van der Waals surface area (Å²) in [6.07, 6.45) is 0. The van der Waals surface area contributed by atoms with E-state index in [-0.39, 0.29) is 11.5 Å². The van der Waals surface area contributed by atoms with Gasteiger partial charge in [-0.3, -0.25) is 4.21 Å². The van der Waals surface area contributed by atoms with E-state index >= 15 is 0 Å². The van der Waals surface area contributed by atoms with Crippen molar-refractivity contribution in [1.29, 1.82) is 0 Å². The van der Waals surface area contributed by atoms with Gasteiger partial charge in [-0.25, -0.2) is 8.78 Å². The summed E-state index contributed by atoms with van der Waals surface area (Å²) >= 11 is 0. The van der Waals surface area contributed by atoms with Crippen molar-refractivity contribution in [1.82, 2.24) is 5.32 Å². The molecule has 5 heteroatoms. The highest BCUT2D eigenvalue weighted by atomic mass is 32.2. The molecule has 0 bridgehead atoms. The van der Waals surface area contributed by atoms with Crippen molar-refractivity contribution in [2.45, 2.75) is 38.6 Å². The zero-order valence-corrected chi connectivity index (χ0v) is 12.6. The van der Waals surface area contributed by atoms with E-state index in [4.69, 9.17) is 0 Å². The molecular weight excluding hydrogens is 268 g/mol. The number of benzene rings is 1. The quantitative estimate of drug-likeness (QED) is 0.902. The molecule has 108 valence electrons. The number of nitrogens with one attached hydrogen (secondary N) is 1. The van der Waals surface area contributed by atoms with Gasteiger partial charge in [0.1, 0.15) is 0 Å². The lowest BCUT2D eigenvalue weighted by Crippen LogP contribution is -2.44. The third-order valence-corrected chi connectivity index (χ3v) is 4.38. The largest absolute Gasteiger partial charge is 0.313 e. The molecule has 0 fully saturated rings. The van der Waals surface area contributed by atoms with Crippen molar-refractivity contribution in [3.05, 3.63) is 29.8 Å². The summed E-state index contributed by atoms with van der Waals surface area (Å²) in [6, 6.07) is 3.45. The summed E-state index contributed by atoms with van der Waals surface area (Å²) in [4.78, 5) is 0.325. The van der Waals surface area contributed by atoms with Gasteiger partial charge in [0.25, 0.3) is 0 Å². The van der Waals surface area contributed by atoms with Crippen molar-refractivity contribution in [2.75, 3.05) is 12.3 Å². The zero-order chi connectivity index (χ0) is 14.6. The molecule has 0 aromatic heterocycles. The van der Waals surface area contributed by atoms with Crippen LogP contribution in [0.4, 0.5) is 8.78 Å². The number of rotatable bonds is 5. The van der Waals surface area contributed by atoms with Crippen LogP contribution in [0.1, 0.15) is 27.7 Å². The zero-order valence-electron chi connectivity index (χ0n) is 11.8. The summed E-state index contributed by atoms with van der Waals surface area (Å²) in [6.45, 7) is 8.93. The van der Waals surface area contributed by atoms with Crippen molar-refractivity contribution in [3.8, 4) is 0 Å². The van der Waals surface area contributed by atoms with Crippen LogP contribution in [0.3, 0.4) is 0 Å². The first kappa shape index (κ1) is 16.2. The minimum atomic E-state index is -1.35. The van der Waals surface area contributed by atoms with Crippen LogP contribution in [0.15, 0.2) is 23.1 Å². The molecule has 2 atom stereocenters. The highest BCUT2D eigenvalue weighted by molar-refractivity contribution is 7.85. The van der Waals surface area contributed by atoms with Crippen LogP contribution in [0, 0.1) is 17.0 Å². The Bertz CT molecular complexity index is 457. The van der Waals surface area contributed by atoms with Crippen LogP contribution in [0.2, 0.25) is 0 Å². The first-order valence-corrected chi connectivity index (χ1v) is 7.64. The average molecular weight is 289 g/mol. The van der Waals surface area contributed by atoms with Crippen molar-refractivity contribution in [3.63, 3.8) is 0 Å². The highest BCUT2D eigenvalue weighted by Gasteiger charge is 2.26. The summed E-state index contributed by atoms with van der Waals surface area (Å²) in [7, 11) is -1.35. The minimum Gasteiger partial charge on any atom is -0.313 e. The molecule has 2 nitrogen and oxygen atoms in total. The van der Waals surface area contributed by atoms with Gasteiger partial charge in [-0.15, -0.1) is 0 Å². The topological polar surface area (TPSA) is 29.1 Å². The molecule has 0 saturated carbocycles. The van der Waals surface area contributed by atoms with E-state index in [0.717, 1.165) is 18.7 Å². The molecule has 0 saturated heterocycles. The summed E-state index contributed by atoms with van der Waals surface area (Å²) in [5, 5.41) is 3.29. The van der Waals surface area contributed by atoms with Gasteiger partial charge in [-0.05, 0) is 30.2 Å². The fourth-order valence-corrected chi connectivity index (χ4v) is 3.30. The van der Waals surface area contributed by atoms with Gasteiger partial charge in [-0.2, -0.15) is 0 Å². The Morgan fingerprint density at radius 1 is 1.26 bits per heavy atom. The molecule has 0 spiro atoms. The molecule has 2 unspecified atom stereocenters. The van der Waals surface area contributed by atoms with E-state index in [2.05, 4.69) is 26.1 Å². The second kappa shape index (κ2) is 6.57. The van der Waals surface area contributed by atoms with Crippen molar-refractivity contribution >= 4 is 10.8 Å². The van der Waals surface area contributed by atoms with Crippen LogP contribution in [0.25, 0.3) is 0 Å². The lowest BCUT2D eigenvalue weighted by atomic mass is 9.88. The lowest BCUT2D eigenvalue weighted by Gasteiger charge is -2.31. The third kappa shape index (κ3) is 4.66. The Balaban J connectivity index is 2.84. The molecule has 1 N–H and O–H groups in total. The van der Waals surface area contributed by atoms with E-state index in [1.807, 2.05) is 6.92 Å². The Labute approximate surface area is 116 Å². The summed E-state index contributed by atoms with van der Waals surface area (Å²) in [5.41, 5.74) is -0.0513. The fourth-order valence-electron chi connectivity index (χ4n) is 1.73. The molecule has 0 aliphatic rings. The molecule has 0 heterocycles. The number of hydrogen-bond acceptors (Lipinski definition) is 2. The molecule has 0 aliphatic carbocycles. The Morgan fingerprint density at radius 2 is 1.89 bits per heavy atom. The smallest absolute Gasteiger partial charge is 0.160 e. The minimum absolute atomic E-state index is 0.0476. The molecular formula is C14H21F2NOS. The van der Waals surface area contributed by atoms with Crippen LogP contribution in [-0.2, 0) is 10.8 Å². The van der Waals surface area contributed by atoms with Gasteiger partial charge in [-0.1, -0.05) is 27.7 Å². The second-order valence-corrected chi connectivity index (χ2v) is 7.06. The van der Waals surface area contributed by atoms with Crippen molar-refractivity contribution in [2.24, 2.45) is 5.41 Å². The first-order valence-electron chi connectivity index (χ1n) is 6.32. The Kier molecular flexibility index (Phi) is 5.62.